The van der Waals surface area contributed by atoms with Crippen LogP contribution in [-0.4, -0.2) is 5.78 Å². The van der Waals surface area contributed by atoms with Crippen LogP contribution in [0, 0.1) is 11.8 Å². The minimum Gasteiger partial charge on any atom is -0.299 e. The van der Waals surface area contributed by atoms with Gasteiger partial charge < -0.3 is 0 Å². The number of rotatable bonds is 3. The minimum atomic E-state index is 0.334. The van der Waals surface area contributed by atoms with Crippen molar-refractivity contribution < 1.29 is 4.79 Å². The van der Waals surface area contributed by atoms with Crippen LogP contribution in [0.25, 0.3) is 0 Å². The van der Waals surface area contributed by atoms with Crippen LogP contribution in [0.3, 0.4) is 0 Å². The molecule has 0 aromatic heterocycles. The van der Waals surface area contributed by atoms with Crippen molar-refractivity contribution in [3.8, 4) is 0 Å². The molecule has 0 bridgehead atoms. The summed E-state index contributed by atoms with van der Waals surface area (Å²) in [5, 5.41) is 0. The van der Waals surface area contributed by atoms with Gasteiger partial charge in [0, 0.05) is 12.3 Å². The zero-order chi connectivity index (χ0) is 9.26. The Morgan fingerprint density at radius 2 is 2.38 bits per heavy atom. The second-order valence-electron chi connectivity index (χ2n) is 4.34. The molecule has 2 aliphatic rings. The van der Waals surface area contributed by atoms with E-state index in [2.05, 4.69) is 13.0 Å². The number of hydrogen-bond donors (Lipinski definition) is 0. The summed E-state index contributed by atoms with van der Waals surface area (Å²) >= 11 is 0. The Balaban J connectivity index is 1.94. The first-order valence-corrected chi connectivity index (χ1v) is 5.56. The lowest BCUT2D eigenvalue weighted by Gasteiger charge is -2.38. The van der Waals surface area contributed by atoms with Gasteiger partial charge in [0.15, 0.2) is 0 Å². The second-order valence-corrected chi connectivity index (χ2v) is 4.34. The topological polar surface area (TPSA) is 17.1 Å². The van der Waals surface area contributed by atoms with Gasteiger partial charge in [-0.15, -0.1) is 0 Å². The Bertz CT molecular complexity index is 240. The number of Topliss-reactive ketones (excluding diaryl/α,β-unsaturated/α-hetero) is 1. The average Bonchev–Trinajstić information content (AvgIpc) is 2.09. The summed E-state index contributed by atoms with van der Waals surface area (Å²) in [7, 11) is 0. The molecule has 1 saturated carbocycles. The number of carbonyl (C=O) groups excluding carboxylic acids is 1. The van der Waals surface area contributed by atoms with Crippen molar-refractivity contribution in [3.63, 3.8) is 0 Å². The molecule has 2 rings (SSSR count). The van der Waals surface area contributed by atoms with Gasteiger partial charge in [-0.05, 0) is 31.6 Å². The summed E-state index contributed by atoms with van der Waals surface area (Å²) in [5.41, 5.74) is 1.58. The molecule has 0 unspecified atom stereocenters. The molecule has 0 aromatic carbocycles. The molecule has 0 amide bonds. The van der Waals surface area contributed by atoms with Crippen LogP contribution in [0.4, 0.5) is 0 Å². The number of hydrogen-bond acceptors (Lipinski definition) is 1. The summed E-state index contributed by atoms with van der Waals surface area (Å²) in [6, 6.07) is 0. The quantitative estimate of drug-likeness (QED) is 0.607. The van der Waals surface area contributed by atoms with Crippen LogP contribution in [0.15, 0.2) is 11.6 Å². The van der Waals surface area contributed by atoms with Crippen molar-refractivity contribution in [3.05, 3.63) is 11.6 Å². The van der Waals surface area contributed by atoms with E-state index in [0.717, 1.165) is 12.8 Å². The van der Waals surface area contributed by atoms with E-state index < -0.39 is 0 Å². The first-order chi connectivity index (χ1) is 6.33. The van der Waals surface area contributed by atoms with Gasteiger partial charge in [0.05, 0.1) is 0 Å². The lowest BCUT2D eigenvalue weighted by molar-refractivity contribution is -0.125. The number of unbranched alkanes of at least 4 members (excludes halogenated alkanes) is 1. The standard InChI is InChI=1S/C12H18O/c1-2-3-5-9-8-11-10(9)6-4-7-12(11)13/h8,10-11H,2-7H2,1H3/t10-,11+/m1/s1. The van der Waals surface area contributed by atoms with Crippen molar-refractivity contribution in [2.75, 3.05) is 0 Å². The van der Waals surface area contributed by atoms with Crippen molar-refractivity contribution in [1.82, 2.24) is 0 Å². The second kappa shape index (κ2) is 3.65. The van der Waals surface area contributed by atoms with Gasteiger partial charge in [-0.2, -0.15) is 0 Å². The Hall–Kier alpha value is -0.590. The van der Waals surface area contributed by atoms with Crippen molar-refractivity contribution >= 4 is 5.78 Å². The molecule has 1 fully saturated rings. The summed E-state index contributed by atoms with van der Waals surface area (Å²) in [6.45, 7) is 2.22. The van der Waals surface area contributed by atoms with Gasteiger partial charge in [0.1, 0.15) is 5.78 Å². The molecule has 2 aliphatic carbocycles. The highest BCUT2D eigenvalue weighted by Gasteiger charge is 2.38. The predicted molar refractivity (Wildman–Crippen MR) is 53.4 cm³/mol. The zero-order valence-electron chi connectivity index (χ0n) is 8.38. The smallest absolute Gasteiger partial charge is 0.140 e. The fraction of sp³-hybridized carbons (Fsp3) is 0.750. The molecule has 0 saturated heterocycles. The average molecular weight is 178 g/mol. The molecule has 0 spiro atoms. The van der Waals surface area contributed by atoms with E-state index in [1.165, 1.54) is 25.7 Å². The number of allylic oxidation sites excluding steroid dienone is 2. The third-order valence-electron chi connectivity index (χ3n) is 3.43. The van der Waals surface area contributed by atoms with Crippen LogP contribution < -0.4 is 0 Å². The fourth-order valence-electron chi connectivity index (χ4n) is 2.58. The Morgan fingerprint density at radius 1 is 1.54 bits per heavy atom. The molecule has 1 heteroatoms. The van der Waals surface area contributed by atoms with Gasteiger partial charge in [-0.3, -0.25) is 4.79 Å². The lowest BCUT2D eigenvalue weighted by Crippen LogP contribution is -2.35. The van der Waals surface area contributed by atoms with Crippen LogP contribution >= 0.6 is 0 Å². The van der Waals surface area contributed by atoms with Gasteiger partial charge in [-0.25, -0.2) is 0 Å². The highest BCUT2D eigenvalue weighted by molar-refractivity contribution is 5.86. The third-order valence-corrected chi connectivity index (χ3v) is 3.43. The monoisotopic (exact) mass is 178 g/mol. The maximum atomic E-state index is 11.4. The minimum absolute atomic E-state index is 0.334. The van der Waals surface area contributed by atoms with Crippen LogP contribution in [0.2, 0.25) is 0 Å². The summed E-state index contributed by atoms with van der Waals surface area (Å²) in [4.78, 5) is 11.4. The highest BCUT2D eigenvalue weighted by atomic mass is 16.1. The van der Waals surface area contributed by atoms with E-state index in [9.17, 15) is 4.79 Å². The van der Waals surface area contributed by atoms with Crippen molar-refractivity contribution in [1.29, 1.82) is 0 Å². The highest BCUT2D eigenvalue weighted by Crippen LogP contribution is 2.44. The van der Waals surface area contributed by atoms with Crippen molar-refractivity contribution in [2.24, 2.45) is 11.8 Å². The first-order valence-electron chi connectivity index (χ1n) is 5.56. The Morgan fingerprint density at radius 3 is 3.15 bits per heavy atom. The summed E-state index contributed by atoms with van der Waals surface area (Å²) < 4.78 is 0. The van der Waals surface area contributed by atoms with Crippen LogP contribution in [0.5, 0.6) is 0 Å². The maximum Gasteiger partial charge on any atom is 0.140 e. The summed E-state index contributed by atoms with van der Waals surface area (Å²) in [5.74, 6) is 1.49. The molecule has 2 atom stereocenters. The number of fused-ring (bicyclic) bond motifs is 1. The Kier molecular flexibility index (Phi) is 2.52. The predicted octanol–water partition coefficient (Wildman–Crippen LogP) is 3.10. The molecular weight excluding hydrogens is 160 g/mol. The maximum absolute atomic E-state index is 11.4. The molecule has 0 heterocycles. The van der Waals surface area contributed by atoms with E-state index in [1.54, 1.807) is 5.57 Å². The summed E-state index contributed by atoms with van der Waals surface area (Å²) in [6.07, 6.45) is 9.27. The number of ketones is 1. The molecule has 0 radical (unpaired) electrons. The van der Waals surface area contributed by atoms with Crippen LogP contribution in [-0.2, 0) is 4.79 Å². The van der Waals surface area contributed by atoms with E-state index >= 15 is 0 Å². The van der Waals surface area contributed by atoms with Gasteiger partial charge >= 0.3 is 0 Å². The van der Waals surface area contributed by atoms with E-state index in [4.69, 9.17) is 0 Å². The molecule has 0 aromatic rings. The molecule has 0 aliphatic heterocycles. The molecular formula is C12H18O. The fourth-order valence-corrected chi connectivity index (χ4v) is 2.58. The Labute approximate surface area is 80.2 Å². The molecule has 72 valence electrons. The molecule has 0 N–H and O–H groups in total. The van der Waals surface area contributed by atoms with Gasteiger partial charge in [0.25, 0.3) is 0 Å². The molecule has 13 heavy (non-hydrogen) atoms. The zero-order valence-corrected chi connectivity index (χ0v) is 8.38. The van der Waals surface area contributed by atoms with Crippen LogP contribution in [0.1, 0.15) is 45.4 Å². The number of carbonyl (C=O) groups is 1. The van der Waals surface area contributed by atoms with E-state index in [1.807, 2.05) is 0 Å². The first kappa shape index (κ1) is 8.98. The van der Waals surface area contributed by atoms with Gasteiger partial charge in [0.2, 0.25) is 0 Å². The third kappa shape index (κ3) is 1.56. The van der Waals surface area contributed by atoms with Gasteiger partial charge in [-0.1, -0.05) is 25.0 Å². The lowest BCUT2D eigenvalue weighted by atomic mass is 9.65. The van der Waals surface area contributed by atoms with E-state index in [0.29, 0.717) is 17.6 Å². The largest absolute Gasteiger partial charge is 0.299 e. The van der Waals surface area contributed by atoms with Crippen molar-refractivity contribution in [2.45, 2.75) is 45.4 Å². The van der Waals surface area contributed by atoms with E-state index in [-0.39, 0.29) is 0 Å². The normalized spacial score (nSPS) is 32.1. The molecule has 1 nitrogen and oxygen atoms in total. The SMILES string of the molecule is CCCCC1=C[C@@H]2C(=O)CCC[C@H]12.